The van der Waals surface area contributed by atoms with Gasteiger partial charge in [0.2, 0.25) is 0 Å². The zero-order valence-corrected chi connectivity index (χ0v) is 9.45. The number of phenolic OH excluding ortho intramolecular Hbond substituents is 1. The minimum absolute atomic E-state index is 0.334. The molecule has 3 heteroatoms. The van der Waals surface area contributed by atoms with E-state index in [0.29, 0.717) is 5.75 Å². The molecule has 1 heterocycles. The third kappa shape index (κ3) is 1.53. The van der Waals surface area contributed by atoms with E-state index < -0.39 is 0 Å². The highest BCUT2D eigenvalue weighted by molar-refractivity contribution is 7.99. The predicted octanol–water partition coefficient (Wildman–Crippen LogP) is 3.59. The second kappa shape index (κ2) is 3.76. The van der Waals surface area contributed by atoms with Crippen LogP contribution in [0.1, 0.15) is 0 Å². The van der Waals surface area contributed by atoms with Crippen molar-refractivity contribution in [2.24, 2.45) is 0 Å². The summed E-state index contributed by atoms with van der Waals surface area (Å²) in [5.41, 5.74) is 2.37. The van der Waals surface area contributed by atoms with E-state index in [0.717, 1.165) is 10.8 Å². The molecule has 2 aromatic rings. The van der Waals surface area contributed by atoms with Crippen LogP contribution in [-0.2, 0) is 0 Å². The lowest BCUT2D eigenvalue weighted by Crippen LogP contribution is -2.10. The Kier molecular flexibility index (Phi) is 2.26. The highest BCUT2D eigenvalue weighted by Gasteiger charge is 2.20. The van der Waals surface area contributed by atoms with Gasteiger partial charge in [-0.3, -0.25) is 0 Å². The fourth-order valence-corrected chi connectivity index (χ4v) is 2.95. The molecule has 2 nitrogen and oxygen atoms in total. The molecule has 0 fully saturated rings. The number of fused-ring (bicyclic) bond motifs is 1. The Bertz CT molecular complexity index is 513. The summed E-state index contributed by atoms with van der Waals surface area (Å²) in [6, 6.07) is 15.8. The van der Waals surface area contributed by atoms with Gasteiger partial charge in [-0.25, -0.2) is 0 Å². The lowest BCUT2D eigenvalue weighted by Gasteiger charge is -2.18. The lowest BCUT2D eigenvalue weighted by atomic mass is 10.2. The number of phenols is 1. The van der Waals surface area contributed by atoms with Gasteiger partial charge in [0.15, 0.2) is 0 Å². The van der Waals surface area contributed by atoms with E-state index >= 15 is 0 Å². The van der Waals surface area contributed by atoms with Gasteiger partial charge in [0.25, 0.3) is 0 Å². The van der Waals surface area contributed by atoms with Gasteiger partial charge in [0, 0.05) is 10.6 Å². The summed E-state index contributed by atoms with van der Waals surface area (Å²) < 4.78 is 0. The van der Waals surface area contributed by atoms with Gasteiger partial charge >= 0.3 is 0 Å². The molecule has 16 heavy (non-hydrogen) atoms. The normalized spacial score (nSPS) is 13.9. The van der Waals surface area contributed by atoms with Crippen LogP contribution in [0, 0.1) is 0 Å². The van der Waals surface area contributed by atoms with Gasteiger partial charge in [-0.15, -0.1) is 11.8 Å². The summed E-state index contributed by atoms with van der Waals surface area (Å²) >= 11 is 1.75. The maximum Gasteiger partial charge on any atom is 0.116 e. The largest absolute Gasteiger partial charge is 0.508 e. The van der Waals surface area contributed by atoms with Gasteiger partial charge in [-0.1, -0.05) is 18.2 Å². The Morgan fingerprint density at radius 2 is 1.88 bits per heavy atom. The maximum atomic E-state index is 9.42. The molecule has 0 saturated heterocycles. The summed E-state index contributed by atoms with van der Waals surface area (Å²) in [7, 11) is 0. The lowest BCUT2D eigenvalue weighted by molar-refractivity contribution is 0.474. The first-order chi connectivity index (χ1) is 7.84. The Morgan fingerprint density at radius 3 is 2.69 bits per heavy atom. The number of hydrogen-bond donors (Lipinski definition) is 1. The second-order valence-electron chi connectivity index (χ2n) is 3.69. The molecule has 0 atom stereocenters. The SMILES string of the molecule is Oc1ccc2c(c1)SCN2c1ccccc1. The van der Waals surface area contributed by atoms with Crippen LogP contribution in [0.3, 0.4) is 0 Å². The van der Waals surface area contributed by atoms with Crippen LogP contribution in [0.15, 0.2) is 53.4 Å². The number of nitrogens with zero attached hydrogens (tertiary/aromatic N) is 1. The van der Waals surface area contributed by atoms with Gasteiger partial charge in [-0.05, 0) is 30.3 Å². The van der Waals surface area contributed by atoms with Crippen LogP contribution in [0.2, 0.25) is 0 Å². The summed E-state index contributed by atoms with van der Waals surface area (Å²) in [5.74, 6) is 1.24. The quantitative estimate of drug-likeness (QED) is 0.808. The van der Waals surface area contributed by atoms with E-state index in [-0.39, 0.29) is 0 Å². The van der Waals surface area contributed by atoms with Gasteiger partial charge in [-0.2, -0.15) is 0 Å². The number of benzene rings is 2. The fourth-order valence-electron chi connectivity index (χ4n) is 1.87. The molecule has 3 rings (SSSR count). The molecular formula is C13H11NOS. The third-order valence-electron chi connectivity index (χ3n) is 2.65. The van der Waals surface area contributed by atoms with Crippen LogP contribution in [0.4, 0.5) is 11.4 Å². The first-order valence-electron chi connectivity index (χ1n) is 5.13. The summed E-state index contributed by atoms with van der Waals surface area (Å²) in [5, 5.41) is 9.42. The molecule has 0 aromatic heterocycles. The number of anilines is 2. The van der Waals surface area contributed by atoms with Crippen LogP contribution in [0.25, 0.3) is 0 Å². The Hall–Kier alpha value is -1.61. The topological polar surface area (TPSA) is 23.5 Å². The number of para-hydroxylation sites is 1. The molecule has 1 N–H and O–H groups in total. The van der Waals surface area contributed by atoms with Crippen molar-refractivity contribution in [1.82, 2.24) is 0 Å². The molecule has 0 bridgehead atoms. The molecule has 0 aliphatic carbocycles. The van der Waals surface area contributed by atoms with Crippen molar-refractivity contribution in [3.63, 3.8) is 0 Å². The number of thioether (sulfide) groups is 1. The van der Waals surface area contributed by atoms with Crippen LogP contribution in [0.5, 0.6) is 5.75 Å². The molecule has 1 aliphatic heterocycles. The summed E-state index contributed by atoms with van der Waals surface area (Å²) in [6.45, 7) is 0. The number of aromatic hydroxyl groups is 1. The molecular weight excluding hydrogens is 218 g/mol. The Balaban J connectivity index is 2.04. The van der Waals surface area contributed by atoms with Crippen LogP contribution < -0.4 is 4.90 Å². The first-order valence-corrected chi connectivity index (χ1v) is 6.11. The predicted molar refractivity (Wildman–Crippen MR) is 67.4 cm³/mol. The molecule has 0 amide bonds. The Labute approximate surface area is 98.5 Å². The van der Waals surface area contributed by atoms with Crippen molar-refractivity contribution in [3.05, 3.63) is 48.5 Å². The molecule has 2 aromatic carbocycles. The zero-order valence-electron chi connectivity index (χ0n) is 8.63. The minimum Gasteiger partial charge on any atom is -0.508 e. The highest BCUT2D eigenvalue weighted by atomic mass is 32.2. The Morgan fingerprint density at radius 1 is 1.06 bits per heavy atom. The highest BCUT2D eigenvalue weighted by Crippen LogP contribution is 2.43. The smallest absolute Gasteiger partial charge is 0.116 e. The van der Waals surface area contributed by atoms with E-state index in [2.05, 4.69) is 17.0 Å². The van der Waals surface area contributed by atoms with Crippen molar-refractivity contribution in [1.29, 1.82) is 0 Å². The van der Waals surface area contributed by atoms with E-state index in [1.54, 1.807) is 17.8 Å². The van der Waals surface area contributed by atoms with E-state index in [1.807, 2.05) is 30.3 Å². The average Bonchev–Trinajstić information content (AvgIpc) is 2.73. The number of rotatable bonds is 1. The van der Waals surface area contributed by atoms with Crippen LogP contribution >= 0.6 is 11.8 Å². The van der Waals surface area contributed by atoms with E-state index in [1.165, 1.54) is 11.4 Å². The standard InChI is InChI=1S/C13H11NOS/c15-11-6-7-12-13(8-11)16-9-14(12)10-4-2-1-3-5-10/h1-8,15H,9H2. The molecule has 80 valence electrons. The molecule has 0 spiro atoms. The summed E-state index contributed by atoms with van der Waals surface area (Å²) in [4.78, 5) is 3.39. The fraction of sp³-hybridized carbons (Fsp3) is 0.0769. The molecule has 0 saturated carbocycles. The van der Waals surface area contributed by atoms with Crippen molar-refractivity contribution in [2.45, 2.75) is 4.90 Å². The minimum atomic E-state index is 0.334. The van der Waals surface area contributed by atoms with E-state index in [4.69, 9.17) is 0 Å². The van der Waals surface area contributed by atoms with Crippen molar-refractivity contribution in [2.75, 3.05) is 10.8 Å². The van der Waals surface area contributed by atoms with Crippen molar-refractivity contribution < 1.29 is 5.11 Å². The zero-order chi connectivity index (χ0) is 11.0. The van der Waals surface area contributed by atoms with Gasteiger partial charge in [0.05, 0.1) is 11.6 Å². The molecule has 0 radical (unpaired) electrons. The second-order valence-corrected chi connectivity index (χ2v) is 4.68. The molecule has 0 unspecified atom stereocenters. The average molecular weight is 229 g/mol. The monoisotopic (exact) mass is 229 g/mol. The van der Waals surface area contributed by atoms with Crippen molar-refractivity contribution >= 4 is 23.1 Å². The third-order valence-corrected chi connectivity index (χ3v) is 3.68. The van der Waals surface area contributed by atoms with Crippen molar-refractivity contribution in [3.8, 4) is 5.75 Å². The van der Waals surface area contributed by atoms with Crippen LogP contribution in [-0.4, -0.2) is 11.0 Å². The van der Waals surface area contributed by atoms with Gasteiger partial charge in [0.1, 0.15) is 5.75 Å². The first kappa shape index (κ1) is 9.60. The molecule has 1 aliphatic rings. The van der Waals surface area contributed by atoms with Gasteiger partial charge < -0.3 is 10.0 Å². The van der Waals surface area contributed by atoms with E-state index in [9.17, 15) is 5.11 Å². The maximum absolute atomic E-state index is 9.42. The summed E-state index contributed by atoms with van der Waals surface area (Å²) in [6.07, 6.45) is 0. The number of hydrogen-bond acceptors (Lipinski definition) is 3.